The van der Waals surface area contributed by atoms with Crippen molar-refractivity contribution in [2.75, 3.05) is 52.4 Å². The minimum absolute atomic E-state index is 0.348. The van der Waals surface area contributed by atoms with E-state index in [0.29, 0.717) is 30.6 Å². The predicted octanol–water partition coefficient (Wildman–Crippen LogP) is 6.99. The first-order chi connectivity index (χ1) is 22.6. The Balaban J connectivity index is 0.000000644. The number of aromatic nitrogens is 3. The number of ether oxygens (including phenoxy) is 3. The molecule has 5 aromatic rings. The van der Waals surface area contributed by atoms with E-state index in [0.717, 1.165) is 58.9 Å². The fourth-order valence-electron chi connectivity index (χ4n) is 4.43. The van der Waals surface area contributed by atoms with Crippen LogP contribution in [0.4, 0.5) is 24.7 Å². The van der Waals surface area contributed by atoms with Crippen molar-refractivity contribution in [1.82, 2.24) is 19.9 Å². The molecule has 0 bridgehead atoms. The fourth-order valence-corrected chi connectivity index (χ4v) is 5.77. The summed E-state index contributed by atoms with van der Waals surface area (Å²) in [5.41, 5.74) is 2.94. The lowest BCUT2D eigenvalue weighted by Gasteiger charge is -2.21. The largest absolute Gasteiger partial charge is 0.490 e. The van der Waals surface area contributed by atoms with Crippen molar-refractivity contribution < 1.29 is 37.3 Å². The molecule has 0 fully saturated rings. The topological polar surface area (TPSA) is 119 Å². The number of nitrogens with zero attached hydrogens (tertiary/aromatic N) is 4. The second-order valence-electron chi connectivity index (χ2n) is 10.1. The zero-order chi connectivity index (χ0) is 33.8. The maximum Gasteiger partial charge on any atom is 0.490 e. The number of thiophene rings is 1. The van der Waals surface area contributed by atoms with Gasteiger partial charge in [0.25, 0.3) is 0 Å². The molecule has 2 N–H and O–H groups in total. The third-order valence-corrected chi connectivity index (χ3v) is 8.17. The van der Waals surface area contributed by atoms with Gasteiger partial charge in [0.05, 0.1) is 29.3 Å². The molecule has 3 aromatic heterocycles. The number of hydrogen-bond acceptors (Lipinski definition) is 10. The van der Waals surface area contributed by atoms with Gasteiger partial charge in [-0.05, 0) is 48.4 Å². The molecule has 47 heavy (non-hydrogen) atoms. The van der Waals surface area contributed by atoms with E-state index in [1.54, 1.807) is 38.1 Å². The van der Waals surface area contributed by atoms with Gasteiger partial charge in [0.1, 0.15) is 29.3 Å². The van der Waals surface area contributed by atoms with Crippen molar-refractivity contribution in [3.63, 3.8) is 0 Å². The molecule has 0 saturated carbocycles. The highest BCUT2D eigenvalue weighted by atomic mass is 35.5. The quantitative estimate of drug-likeness (QED) is 0.126. The van der Waals surface area contributed by atoms with Gasteiger partial charge in [-0.1, -0.05) is 29.8 Å². The van der Waals surface area contributed by atoms with E-state index < -0.39 is 12.1 Å². The predicted molar refractivity (Wildman–Crippen MR) is 176 cm³/mol. The number of carboxylic acids is 1. The van der Waals surface area contributed by atoms with Gasteiger partial charge in [0, 0.05) is 55.8 Å². The summed E-state index contributed by atoms with van der Waals surface area (Å²) in [6.45, 7) is 4.48. The lowest BCUT2D eigenvalue weighted by atomic mass is 10.1. The molecular weight excluding hydrogens is 659 g/mol. The molecule has 5 rings (SSSR count). The highest BCUT2D eigenvalue weighted by molar-refractivity contribution is 7.25. The van der Waals surface area contributed by atoms with Gasteiger partial charge >= 0.3 is 12.1 Å². The van der Waals surface area contributed by atoms with Crippen molar-refractivity contribution in [2.24, 2.45) is 0 Å². The Kier molecular flexibility index (Phi) is 13.1. The van der Waals surface area contributed by atoms with Crippen molar-refractivity contribution in [3.8, 4) is 5.75 Å². The average Bonchev–Trinajstić information content (AvgIpc) is 3.43. The number of hydrogen-bond donors (Lipinski definition) is 2. The minimum atomic E-state index is -5.08. The minimum Gasteiger partial charge on any atom is -0.486 e. The van der Waals surface area contributed by atoms with Gasteiger partial charge in [0.2, 0.25) is 0 Å². The second kappa shape index (κ2) is 17.2. The number of carbonyl (C=O) groups is 1. The summed E-state index contributed by atoms with van der Waals surface area (Å²) in [6, 6.07) is 18.0. The SMILES string of the molecule is COCCN(CCOC)CCc1ccc2c(c1)sc1ncnc(Nc3ccc(OCc4ccccn4)c(Cl)c3)c12.O=C(O)C(F)(F)F. The third kappa shape index (κ3) is 10.5. The summed E-state index contributed by atoms with van der Waals surface area (Å²) in [4.78, 5) is 25.6. The number of fused-ring (bicyclic) bond motifs is 3. The number of methoxy groups -OCH3 is 2. The average molecular weight is 692 g/mol. The lowest BCUT2D eigenvalue weighted by molar-refractivity contribution is -0.192. The Morgan fingerprint density at radius 1 is 1.00 bits per heavy atom. The van der Waals surface area contributed by atoms with Crippen LogP contribution in [0.25, 0.3) is 20.3 Å². The van der Waals surface area contributed by atoms with E-state index in [1.807, 2.05) is 36.4 Å². The van der Waals surface area contributed by atoms with Crippen LogP contribution in [-0.4, -0.2) is 84.2 Å². The number of rotatable bonds is 14. The van der Waals surface area contributed by atoms with Crippen molar-refractivity contribution >= 4 is 60.7 Å². The Morgan fingerprint density at radius 3 is 2.38 bits per heavy atom. The smallest absolute Gasteiger partial charge is 0.486 e. The summed E-state index contributed by atoms with van der Waals surface area (Å²) in [7, 11) is 3.47. The van der Waals surface area contributed by atoms with Crippen LogP contribution in [0.3, 0.4) is 0 Å². The Bertz CT molecular complexity index is 1750. The summed E-state index contributed by atoms with van der Waals surface area (Å²) in [5.74, 6) is -1.41. The maximum atomic E-state index is 10.6. The normalized spacial score (nSPS) is 11.5. The van der Waals surface area contributed by atoms with E-state index in [-0.39, 0.29) is 0 Å². The van der Waals surface area contributed by atoms with E-state index in [1.165, 1.54) is 10.3 Å². The number of anilines is 2. The van der Waals surface area contributed by atoms with Crippen LogP contribution in [0.1, 0.15) is 11.3 Å². The van der Waals surface area contributed by atoms with E-state index in [2.05, 4.69) is 43.4 Å². The zero-order valence-electron chi connectivity index (χ0n) is 25.6. The van der Waals surface area contributed by atoms with Gasteiger partial charge in [-0.3, -0.25) is 9.88 Å². The van der Waals surface area contributed by atoms with Crippen LogP contribution in [0.5, 0.6) is 5.75 Å². The van der Waals surface area contributed by atoms with Crippen LogP contribution in [0.15, 0.2) is 67.1 Å². The molecule has 15 heteroatoms. The molecule has 3 heterocycles. The number of nitrogens with one attached hydrogen (secondary N) is 1. The van der Waals surface area contributed by atoms with E-state index in [9.17, 15) is 13.2 Å². The molecule has 0 aliphatic heterocycles. The highest BCUT2D eigenvalue weighted by Crippen LogP contribution is 2.38. The lowest BCUT2D eigenvalue weighted by Crippen LogP contribution is -2.32. The number of carboxylic acid groups (broad SMARTS) is 1. The first kappa shape index (κ1) is 35.8. The molecule has 0 radical (unpaired) electrons. The molecule has 250 valence electrons. The van der Waals surface area contributed by atoms with Gasteiger partial charge in [-0.2, -0.15) is 13.2 Å². The first-order valence-corrected chi connectivity index (χ1v) is 15.5. The van der Waals surface area contributed by atoms with Crippen molar-refractivity contribution in [1.29, 1.82) is 0 Å². The Hall–Kier alpha value is -4.08. The monoisotopic (exact) mass is 691 g/mol. The van der Waals surface area contributed by atoms with Gasteiger partial charge in [-0.25, -0.2) is 14.8 Å². The molecule has 0 amide bonds. The molecule has 0 aliphatic carbocycles. The van der Waals surface area contributed by atoms with Gasteiger partial charge < -0.3 is 24.6 Å². The first-order valence-electron chi connectivity index (χ1n) is 14.3. The van der Waals surface area contributed by atoms with Crippen LogP contribution in [0, 0.1) is 0 Å². The number of pyridine rings is 1. The molecule has 0 aliphatic rings. The second-order valence-corrected chi connectivity index (χ2v) is 11.5. The van der Waals surface area contributed by atoms with Gasteiger partial charge in [0.15, 0.2) is 0 Å². The highest BCUT2D eigenvalue weighted by Gasteiger charge is 2.38. The van der Waals surface area contributed by atoms with Gasteiger partial charge in [-0.15, -0.1) is 11.3 Å². The van der Waals surface area contributed by atoms with Crippen LogP contribution in [-0.2, 0) is 27.3 Å². The van der Waals surface area contributed by atoms with Crippen LogP contribution in [0.2, 0.25) is 5.02 Å². The molecular formula is C32H33ClF3N5O5S. The third-order valence-electron chi connectivity index (χ3n) is 6.81. The fraction of sp³-hybridized carbons (Fsp3) is 0.312. The van der Waals surface area contributed by atoms with Crippen LogP contribution < -0.4 is 10.1 Å². The summed E-state index contributed by atoms with van der Waals surface area (Å²) >= 11 is 8.22. The van der Waals surface area contributed by atoms with E-state index in [4.69, 9.17) is 35.7 Å². The summed E-state index contributed by atoms with van der Waals surface area (Å²) < 4.78 is 49.3. The number of alkyl halides is 3. The van der Waals surface area contributed by atoms with Crippen molar-refractivity contribution in [3.05, 3.63) is 83.4 Å². The molecule has 0 unspecified atom stereocenters. The van der Waals surface area contributed by atoms with Crippen molar-refractivity contribution in [2.45, 2.75) is 19.2 Å². The molecule has 0 saturated heterocycles. The molecule has 0 spiro atoms. The summed E-state index contributed by atoms with van der Waals surface area (Å²) in [5, 5.41) is 13.2. The standard InChI is InChI=1S/C30H32ClN5O3S.C2HF3O2/c1-37-15-13-36(14-16-38-2)12-10-21-6-8-24-27(17-21)40-30-28(24)29(33-20-34-30)35-22-7-9-26(25(31)18-22)39-19-23-5-3-4-11-32-23;3-2(4,5)1(6)7/h3-9,11,17-18,20H,10,12-16,19H2,1-2H3,(H,33,34,35);(H,6,7). The number of aliphatic carboxylic acids is 1. The zero-order valence-corrected chi connectivity index (χ0v) is 27.2. The van der Waals surface area contributed by atoms with E-state index >= 15 is 0 Å². The van der Waals surface area contributed by atoms with Crippen LogP contribution >= 0.6 is 22.9 Å². The molecule has 10 nitrogen and oxygen atoms in total. The maximum absolute atomic E-state index is 10.6. The molecule has 2 aromatic carbocycles. The Labute approximate surface area is 278 Å². The Morgan fingerprint density at radius 2 is 1.74 bits per heavy atom. The molecule has 0 atom stereocenters. The summed E-state index contributed by atoms with van der Waals surface area (Å²) in [6.07, 6.45) is -0.800. The number of benzene rings is 2. The number of halogens is 4.